The summed E-state index contributed by atoms with van der Waals surface area (Å²) in [6.45, 7) is 9.11. The summed E-state index contributed by atoms with van der Waals surface area (Å²) in [4.78, 5) is 15.0. The van der Waals surface area contributed by atoms with Crippen molar-refractivity contribution in [2.45, 2.75) is 45.1 Å². The molecule has 6 nitrogen and oxygen atoms in total. The third-order valence-electron chi connectivity index (χ3n) is 5.33. The minimum atomic E-state index is -3.55. The van der Waals surface area contributed by atoms with Crippen molar-refractivity contribution in [2.24, 2.45) is 0 Å². The Hall–Kier alpha value is -2.38. The molecule has 0 bridgehead atoms. The maximum absolute atomic E-state index is 13.0. The van der Waals surface area contributed by atoms with Crippen LogP contribution in [0.25, 0.3) is 0 Å². The molecule has 1 saturated heterocycles. The molecule has 1 aliphatic heterocycles. The molecule has 1 heterocycles. The first kappa shape index (κ1) is 22.3. The highest BCUT2D eigenvalue weighted by molar-refractivity contribution is 7.89. The number of carbonyl (C=O) groups excluding carboxylic acids is 1. The van der Waals surface area contributed by atoms with Gasteiger partial charge in [-0.2, -0.15) is 4.31 Å². The molecular weight excluding hydrogens is 400 g/mol. The molecule has 2 aromatic rings. The Morgan fingerprint density at radius 3 is 2.03 bits per heavy atom. The number of nitrogens with zero attached hydrogens (tertiary/aromatic N) is 2. The van der Waals surface area contributed by atoms with Crippen molar-refractivity contribution in [1.82, 2.24) is 9.21 Å². The zero-order valence-electron chi connectivity index (χ0n) is 18.1. The number of amides is 1. The van der Waals surface area contributed by atoms with Gasteiger partial charge in [0.05, 0.1) is 4.90 Å². The Morgan fingerprint density at radius 2 is 1.50 bits per heavy atom. The molecule has 3 rings (SSSR count). The van der Waals surface area contributed by atoms with Crippen LogP contribution in [0, 0.1) is 20.8 Å². The van der Waals surface area contributed by atoms with E-state index >= 15 is 0 Å². The van der Waals surface area contributed by atoms with E-state index in [2.05, 4.69) is 6.07 Å². The smallest absolute Gasteiger partial charge is 0.263 e. The maximum Gasteiger partial charge on any atom is 0.263 e. The quantitative estimate of drug-likeness (QED) is 0.705. The van der Waals surface area contributed by atoms with E-state index in [-0.39, 0.29) is 23.9 Å². The van der Waals surface area contributed by atoms with E-state index in [1.807, 2.05) is 39.8 Å². The van der Waals surface area contributed by atoms with Gasteiger partial charge in [0.15, 0.2) is 6.10 Å². The summed E-state index contributed by atoms with van der Waals surface area (Å²) < 4.78 is 33.2. The number of hydrogen-bond acceptors (Lipinski definition) is 4. The highest BCUT2D eigenvalue weighted by atomic mass is 32.2. The molecule has 0 unspecified atom stereocenters. The fraction of sp³-hybridized carbons (Fsp3) is 0.435. The van der Waals surface area contributed by atoms with Crippen LogP contribution >= 0.6 is 0 Å². The number of hydrogen-bond donors (Lipinski definition) is 0. The van der Waals surface area contributed by atoms with Gasteiger partial charge in [-0.25, -0.2) is 8.42 Å². The summed E-state index contributed by atoms with van der Waals surface area (Å²) in [6.07, 6.45) is -0.0280. The highest BCUT2D eigenvalue weighted by Gasteiger charge is 2.32. The predicted octanol–water partition coefficient (Wildman–Crippen LogP) is 3.30. The Balaban J connectivity index is 1.64. The summed E-state index contributed by atoms with van der Waals surface area (Å²) in [6, 6.07) is 12.8. The third-order valence-corrected chi connectivity index (χ3v) is 7.24. The van der Waals surface area contributed by atoms with Gasteiger partial charge in [-0.15, -0.1) is 0 Å². The van der Waals surface area contributed by atoms with Gasteiger partial charge in [0.1, 0.15) is 5.75 Å². The average molecular weight is 431 g/mol. The summed E-state index contributed by atoms with van der Waals surface area (Å²) >= 11 is 0. The summed E-state index contributed by atoms with van der Waals surface area (Å²) in [5, 5.41) is 0. The number of piperazine rings is 1. The monoisotopic (exact) mass is 430 g/mol. The molecule has 0 N–H and O–H groups in total. The molecule has 1 atom stereocenters. The van der Waals surface area contributed by atoms with Gasteiger partial charge < -0.3 is 9.64 Å². The maximum atomic E-state index is 13.0. The van der Waals surface area contributed by atoms with E-state index < -0.39 is 16.1 Å². The van der Waals surface area contributed by atoms with Crippen LogP contribution in [0.5, 0.6) is 5.75 Å². The van der Waals surface area contributed by atoms with E-state index in [9.17, 15) is 13.2 Å². The summed E-state index contributed by atoms with van der Waals surface area (Å²) in [7, 11) is -3.55. The van der Waals surface area contributed by atoms with Gasteiger partial charge in [0, 0.05) is 26.2 Å². The number of sulfonamides is 1. The molecule has 0 aliphatic carbocycles. The molecule has 162 valence electrons. The highest BCUT2D eigenvalue weighted by Crippen LogP contribution is 2.21. The van der Waals surface area contributed by atoms with Crippen molar-refractivity contribution in [3.63, 3.8) is 0 Å². The number of ether oxygens (including phenoxy) is 1. The molecule has 0 aromatic heterocycles. The molecule has 0 spiro atoms. The zero-order chi connectivity index (χ0) is 21.9. The van der Waals surface area contributed by atoms with Gasteiger partial charge in [0.25, 0.3) is 5.91 Å². The fourth-order valence-corrected chi connectivity index (χ4v) is 5.11. The van der Waals surface area contributed by atoms with Crippen LogP contribution in [-0.2, 0) is 14.8 Å². The molecule has 1 fully saturated rings. The van der Waals surface area contributed by atoms with Crippen LogP contribution < -0.4 is 4.74 Å². The standard InChI is InChI=1S/C23H30N2O4S/c1-5-22(29-20-15-18(3)14-19(4)16-20)23(26)24-10-12-25(13-11-24)30(27,28)21-8-6-17(2)7-9-21/h6-9,14-16,22H,5,10-13H2,1-4H3/t22-/m0/s1. The second-order valence-corrected chi connectivity index (χ2v) is 9.82. The average Bonchev–Trinajstić information content (AvgIpc) is 2.71. The van der Waals surface area contributed by atoms with Crippen LogP contribution in [0.2, 0.25) is 0 Å². The summed E-state index contributed by atoms with van der Waals surface area (Å²) in [5.41, 5.74) is 3.18. The first-order valence-corrected chi connectivity index (χ1v) is 11.8. The van der Waals surface area contributed by atoms with Gasteiger partial charge >= 0.3 is 0 Å². The Labute approximate surface area is 179 Å². The number of carbonyl (C=O) groups is 1. The molecule has 30 heavy (non-hydrogen) atoms. The largest absolute Gasteiger partial charge is 0.481 e. The Bertz CT molecular complexity index is 974. The lowest BCUT2D eigenvalue weighted by Crippen LogP contribution is -2.53. The van der Waals surface area contributed by atoms with Gasteiger partial charge in [0.2, 0.25) is 10.0 Å². The molecule has 0 radical (unpaired) electrons. The second kappa shape index (κ2) is 9.18. The lowest BCUT2D eigenvalue weighted by Gasteiger charge is -2.35. The van der Waals surface area contributed by atoms with E-state index in [1.54, 1.807) is 29.2 Å². The third kappa shape index (κ3) is 5.02. The van der Waals surface area contributed by atoms with E-state index in [4.69, 9.17) is 4.74 Å². The SMILES string of the molecule is CC[C@H](Oc1cc(C)cc(C)c1)C(=O)N1CCN(S(=O)(=O)c2ccc(C)cc2)CC1. The Kier molecular flexibility index (Phi) is 6.83. The lowest BCUT2D eigenvalue weighted by molar-refractivity contribution is -0.140. The van der Waals surface area contributed by atoms with Crippen molar-refractivity contribution in [3.05, 3.63) is 59.2 Å². The normalized spacial score (nSPS) is 16.3. The van der Waals surface area contributed by atoms with Crippen LogP contribution in [0.3, 0.4) is 0 Å². The van der Waals surface area contributed by atoms with Crippen molar-refractivity contribution in [1.29, 1.82) is 0 Å². The number of aryl methyl sites for hydroxylation is 3. The van der Waals surface area contributed by atoms with E-state index in [1.165, 1.54) is 4.31 Å². The lowest BCUT2D eigenvalue weighted by atomic mass is 10.1. The van der Waals surface area contributed by atoms with E-state index in [0.29, 0.717) is 25.3 Å². The topological polar surface area (TPSA) is 66.9 Å². The number of rotatable bonds is 6. The molecule has 7 heteroatoms. The minimum absolute atomic E-state index is 0.0935. The van der Waals surface area contributed by atoms with Crippen LogP contribution in [0.1, 0.15) is 30.0 Å². The van der Waals surface area contributed by atoms with Crippen molar-refractivity contribution >= 4 is 15.9 Å². The van der Waals surface area contributed by atoms with Crippen LogP contribution in [-0.4, -0.2) is 55.8 Å². The summed E-state index contributed by atoms with van der Waals surface area (Å²) in [5.74, 6) is 0.595. The van der Waals surface area contributed by atoms with Crippen molar-refractivity contribution in [3.8, 4) is 5.75 Å². The molecule has 0 saturated carbocycles. The first-order chi connectivity index (χ1) is 14.2. The van der Waals surface area contributed by atoms with E-state index in [0.717, 1.165) is 16.7 Å². The predicted molar refractivity (Wildman–Crippen MR) is 117 cm³/mol. The van der Waals surface area contributed by atoms with Gasteiger partial charge in [-0.1, -0.05) is 30.7 Å². The van der Waals surface area contributed by atoms with Crippen LogP contribution in [0.15, 0.2) is 47.4 Å². The number of benzene rings is 2. The minimum Gasteiger partial charge on any atom is -0.481 e. The van der Waals surface area contributed by atoms with Crippen molar-refractivity contribution < 1.29 is 17.9 Å². The van der Waals surface area contributed by atoms with Gasteiger partial charge in [-0.05, 0) is 62.6 Å². The van der Waals surface area contributed by atoms with Crippen molar-refractivity contribution in [2.75, 3.05) is 26.2 Å². The first-order valence-electron chi connectivity index (χ1n) is 10.3. The fourth-order valence-electron chi connectivity index (χ4n) is 3.69. The Morgan fingerprint density at radius 1 is 0.933 bits per heavy atom. The molecule has 2 aromatic carbocycles. The van der Waals surface area contributed by atoms with Crippen LogP contribution in [0.4, 0.5) is 0 Å². The molecule has 1 amide bonds. The second-order valence-electron chi connectivity index (χ2n) is 7.88. The molecular formula is C23H30N2O4S. The zero-order valence-corrected chi connectivity index (χ0v) is 18.9. The van der Waals surface area contributed by atoms with Gasteiger partial charge in [-0.3, -0.25) is 4.79 Å². The molecule has 1 aliphatic rings.